The number of allylic oxidation sites excluding steroid dienone is 5. The van der Waals surface area contributed by atoms with Crippen LogP contribution in [0.1, 0.15) is 380 Å². The van der Waals surface area contributed by atoms with Crippen molar-refractivity contribution in [3.05, 3.63) is 106 Å². The molecular weight excluding hydrogens is 1390 g/mol. The van der Waals surface area contributed by atoms with Gasteiger partial charge in [0.05, 0.1) is 108 Å². The van der Waals surface area contributed by atoms with E-state index >= 15 is 0 Å². The molecule has 0 aromatic heterocycles. The number of rotatable bonds is 68. The van der Waals surface area contributed by atoms with E-state index in [9.17, 15) is 26.3 Å². The number of ether oxygens (including phenoxy) is 8. The van der Waals surface area contributed by atoms with Crippen LogP contribution in [0.5, 0.6) is 46.0 Å². The molecule has 0 saturated carbocycles. The zero-order valence-corrected chi connectivity index (χ0v) is 71.0. The van der Waals surface area contributed by atoms with Crippen molar-refractivity contribution in [2.45, 2.75) is 336 Å². The van der Waals surface area contributed by atoms with E-state index in [1.54, 1.807) is 69.9 Å². The summed E-state index contributed by atoms with van der Waals surface area (Å²) in [6.07, 6.45) is 66.6. The van der Waals surface area contributed by atoms with Crippen molar-refractivity contribution in [1.29, 1.82) is 26.3 Å². The Bertz CT molecular complexity index is 3640. The Labute approximate surface area is 679 Å². The Kier molecular flexibility index (Phi) is 53.8. The minimum Gasteiger partial charge on any atom is -0.496 e. The SMILES string of the molecule is C=C(C#N)c1cc(OC)c(/C(C#N)=C/c2cc(OC)c(/C=C(\C#N)c3cc(OC)c(/C(C#N)=C/c4cc(OC)c(/C=C\C#N)cc4OCCCCCCCCCCCCCCCC)cc3OCCCCCCCCCCCCCCCC)cc2OCCCCCCCC)cc1OCCCCCCCCCCCCCCCC. The minimum atomic E-state index is 0.219. The van der Waals surface area contributed by atoms with Crippen LogP contribution in [0.3, 0.4) is 0 Å². The third kappa shape index (κ3) is 38.3. The van der Waals surface area contributed by atoms with Gasteiger partial charge in [0, 0.05) is 50.6 Å². The maximum Gasteiger partial charge on any atom is 0.128 e. The standard InChI is InChI=1S/C99H143N5O8/c1-10-14-18-22-26-29-32-35-38-41-44-47-51-55-61-109-94-68-81(59-58-60-100)92(105-6)69-83(94)66-86(78-103)90-75-99(112-64-57-53-49-46-43-40-37-34-31-28-24-20-16-12-3)91(73-97(90)108-9)87(79-104)65-82-71-95(110-62-54-50-25-21-17-13-4)84(70-93(82)106-7)67-85(77-102)89-74-98(88(80(5)76-101)72-96(89)107-8)111-63-56-52-48-45-42-39-36-33-30-27-23-19-15-11-2/h58-59,65-75H,5,10-57,61-64H2,1-4,6-9H3/b59-58-,85-67+,86-66+,87-65+. The molecule has 13 heteroatoms. The van der Waals surface area contributed by atoms with Crippen molar-refractivity contribution < 1.29 is 37.9 Å². The van der Waals surface area contributed by atoms with Crippen LogP contribution in [0.4, 0.5) is 0 Å². The van der Waals surface area contributed by atoms with E-state index in [-0.39, 0.29) is 22.3 Å². The predicted molar refractivity (Wildman–Crippen MR) is 468 cm³/mol. The molecule has 0 radical (unpaired) electrons. The lowest BCUT2D eigenvalue weighted by molar-refractivity contribution is 0.302. The highest BCUT2D eigenvalue weighted by molar-refractivity contribution is 5.99. The van der Waals surface area contributed by atoms with Crippen molar-refractivity contribution in [2.75, 3.05) is 54.9 Å². The lowest BCUT2D eigenvalue weighted by Crippen LogP contribution is -2.04. The van der Waals surface area contributed by atoms with Gasteiger partial charge in [0.25, 0.3) is 0 Å². The summed E-state index contributed by atoms with van der Waals surface area (Å²) < 4.78 is 50.9. The third-order valence-electron chi connectivity index (χ3n) is 21.3. The molecule has 0 aliphatic rings. The first kappa shape index (κ1) is 95.8. The van der Waals surface area contributed by atoms with Crippen molar-refractivity contribution in [1.82, 2.24) is 0 Å². The average molecular weight is 1530 g/mol. The fraction of sp³-hybridized carbons (Fsp3) is 0.606. The van der Waals surface area contributed by atoms with Crippen LogP contribution in [-0.2, 0) is 0 Å². The van der Waals surface area contributed by atoms with Gasteiger partial charge in [-0.2, -0.15) is 26.3 Å². The fourth-order valence-corrected chi connectivity index (χ4v) is 14.5. The Morgan fingerprint density at radius 2 is 0.491 bits per heavy atom. The third-order valence-corrected chi connectivity index (χ3v) is 21.3. The van der Waals surface area contributed by atoms with Crippen molar-refractivity contribution in [3.63, 3.8) is 0 Å². The normalized spacial score (nSPS) is 11.6. The second-order valence-electron chi connectivity index (χ2n) is 30.4. The van der Waals surface area contributed by atoms with Gasteiger partial charge in [-0.1, -0.05) is 317 Å². The summed E-state index contributed by atoms with van der Waals surface area (Å²) in [4.78, 5) is 0. The zero-order chi connectivity index (χ0) is 80.7. The van der Waals surface area contributed by atoms with Crippen LogP contribution < -0.4 is 37.9 Å². The van der Waals surface area contributed by atoms with Crippen molar-refractivity contribution >= 4 is 46.6 Å². The van der Waals surface area contributed by atoms with Gasteiger partial charge in [0.1, 0.15) is 46.0 Å². The van der Waals surface area contributed by atoms with Gasteiger partial charge in [-0.05, 0) is 98.5 Å². The molecule has 0 aliphatic carbocycles. The molecule has 0 heterocycles. The monoisotopic (exact) mass is 1530 g/mol. The van der Waals surface area contributed by atoms with Crippen LogP contribution in [0, 0.1) is 56.7 Å². The molecule has 13 nitrogen and oxygen atoms in total. The van der Waals surface area contributed by atoms with Crippen LogP contribution >= 0.6 is 0 Å². The second kappa shape index (κ2) is 62.9. The Hall–Kier alpha value is -8.57. The molecule has 112 heavy (non-hydrogen) atoms. The Morgan fingerprint density at radius 1 is 0.268 bits per heavy atom. The first-order valence-corrected chi connectivity index (χ1v) is 44.0. The molecule has 4 rings (SSSR count). The molecule has 4 aromatic carbocycles. The molecule has 4 aromatic rings. The van der Waals surface area contributed by atoms with Gasteiger partial charge in [0.2, 0.25) is 0 Å². The molecule has 0 amide bonds. The minimum absolute atomic E-state index is 0.219. The van der Waals surface area contributed by atoms with Gasteiger partial charge < -0.3 is 37.9 Å². The van der Waals surface area contributed by atoms with E-state index in [2.05, 4.69) is 64.6 Å². The quantitative estimate of drug-likeness (QED) is 0.0230. The van der Waals surface area contributed by atoms with Gasteiger partial charge in [-0.25, -0.2) is 0 Å². The number of hydrogen-bond donors (Lipinski definition) is 0. The van der Waals surface area contributed by atoms with Gasteiger partial charge in [0.15, 0.2) is 0 Å². The molecule has 0 unspecified atom stereocenters. The topological polar surface area (TPSA) is 193 Å². The summed E-state index contributed by atoms with van der Waals surface area (Å²) in [7, 11) is 6.24. The van der Waals surface area contributed by atoms with Crippen LogP contribution in [0.2, 0.25) is 0 Å². The van der Waals surface area contributed by atoms with E-state index in [0.717, 1.165) is 96.3 Å². The molecule has 0 atom stereocenters. The summed E-state index contributed by atoms with van der Waals surface area (Å²) in [5.41, 5.74) is 5.18. The maximum atomic E-state index is 11.5. The lowest BCUT2D eigenvalue weighted by atomic mass is 9.95. The van der Waals surface area contributed by atoms with Crippen LogP contribution in [-0.4, -0.2) is 54.9 Å². The maximum absolute atomic E-state index is 11.5. The number of nitrogens with zero attached hydrogens (tertiary/aromatic N) is 5. The first-order chi connectivity index (χ1) is 55.1. The molecule has 0 N–H and O–H groups in total. The summed E-state index contributed by atoms with van der Waals surface area (Å²) in [6, 6.07) is 26.1. The summed E-state index contributed by atoms with van der Waals surface area (Å²) >= 11 is 0. The lowest BCUT2D eigenvalue weighted by Gasteiger charge is -2.18. The van der Waals surface area contributed by atoms with E-state index in [1.807, 2.05) is 24.3 Å². The smallest absolute Gasteiger partial charge is 0.128 e. The number of nitriles is 5. The fourth-order valence-electron chi connectivity index (χ4n) is 14.5. The summed E-state index contributed by atoms with van der Waals surface area (Å²) in [6.45, 7) is 14.7. The highest BCUT2D eigenvalue weighted by Gasteiger charge is 2.23. The first-order valence-electron chi connectivity index (χ1n) is 44.0. The second-order valence-corrected chi connectivity index (χ2v) is 30.4. The molecule has 0 spiro atoms. The van der Waals surface area contributed by atoms with Crippen LogP contribution in [0.15, 0.2) is 61.2 Å². The van der Waals surface area contributed by atoms with Gasteiger partial charge in [-0.3, -0.25) is 0 Å². The van der Waals surface area contributed by atoms with E-state index in [4.69, 9.17) is 37.9 Å². The number of hydrogen-bond acceptors (Lipinski definition) is 13. The highest BCUT2D eigenvalue weighted by Crippen LogP contribution is 2.43. The molecular formula is C99H143N5O8. The summed E-state index contributed by atoms with van der Waals surface area (Å²) in [5, 5.41) is 53.6. The Morgan fingerprint density at radius 3 is 0.768 bits per heavy atom. The number of methoxy groups -OCH3 is 4. The molecule has 0 fully saturated rings. The molecule has 0 saturated heterocycles. The molecule has 0 aliphatic heterocycles. The van der Waals surface area contributed by atoms with Crippen molar-refractivity contribution in [3.8, 4) is 76.3 Å². The van der Waals surface area contributed by atoms with Crippen LogP contribution in [0.25, 0.3) is 46.6 Å². The summed E-state index contributed by atoms with van der Waals surface area (Å²) in [5.74, 6) is 3.44. The van der Waals surface area contributed by atoms with Gasteiger partial charge >= 0.3 is 0 Å². The highest BCUT2D eigenvalue weighted by atomic mass is 16.5. The van der Waals surface area contributed by atoms with Gasteiger partial charge in [-0.15, -0.1) is 0 Å². The number of benzene rings is 4. The Balaban J connectivity index is 1.78. The molecule has 0 bridgehead atoms. The number of unbranched alkanes of at least 4 members (excludes halogenated alkanes) is 44. The van der Waals surface area contributed by atoms with E-state index in [0.29, 0.717) is 117 Å². The largest absolute Gasteiger partial charge is 0.496 e. The average Bonchev–Trinajstić information content (AvgIpc) is 0.784. The van der Waals surface area contributed by atoms with E-state index < -0.39 is 0 Å². The predicted octanol–water partition coefficient (Wildman–Crippen LogP) is 29.3. The van der Waals surface area contributed by atoms with Crippen molar-refractivity contribution in [2.24, 2.45) is 0 Å². The molecule has 612 valence electrons. The van der Waals surface area contributed by atoms with E-state index in [1.165, 1.54) is 225 Å². The zero-order valence-electron chi connectivity index (χ0n) is 71.0.